The van der Waals surface area contributed by atoms with Crippen molar-refractivity contribution >= 4 is 9.84 Å². The zero-order valence-electron chi connectivity index (χ0n) is 9.59. The Morgan fingerprint density at radius 3 is 2.35 bits per heavy atom. The third kappa shape index (κ3) is 1.83. The van der Waals surface area contributed by atoms with E-state index in [0.29, 0.717) is 12.8 Å². The fourth-order valence-electron chi connectivity index (χ4n) is 2.52. The number of aromatic hydroxyl groups is 1. The lowest BCUT2D eigenvalue weighted by Gasteiger charge is -2.27. The Kier molecular flexibility index (Phi) is 3.14. The van der Waals surface area contributed by atoms with E-state index in [1.807, 2.05) is 0 Å². The molecule has 1 aromatic carbocycles. The number of para-hydroxylation sites is 1. The van der Waals surface area contributed by atoms with Crippen molar-refractivity contribution in [3.05, 3.63) is 24.3 Å². The van der Waals surface area contributed by atoms with Crippen LogP contribution in [0.25, 0.3) is 0 Å². The summed E-state index contributed by atoms with van der Waals surface area (Å²) in [7, 11) is -3.56. The quantitative estimate of drug-likeness (QED) is 0.856. The van der Waals surface area contributed by atoms with Gasteiger partial charge in [0.2, 0.25) is 0 Å². The van der Waals surface area contributed by atoms with Gasteiger partial charge in [-0.3, -0.25) is 0 Å². The van der Waals surface area contributed by atoms with Gasteiger partial charge in [0.25, 0.3) is 0 Å². The number of nitrogens with two attached hydrogens (primary N) is 1. The molecule has 94 valence electrons. The molecule has 0 aliphatic heterocycles. The van der Waals surface area contributed by atoms with Gasteiger partial charge >= 0.3 is 0 Å². The lowest BCUT2D eigenvalue weighted by Crippen LogP contribution is -2.43. The van der Waals surface area contributed by atoms with Crippen LogP contribution in [0.15, 0.2) is 29.2 Å². The van der Waals surface area contributed by atoms with E-state index in [-0.39, 0.29) is 17.2 Å². The van der Waals surface area contributed by atoms with Crippen LogP contribution in [0.3, 0.4) is 0 Å². The van der Waals surface area contributed by atoms with Gasteiger partial charge < -0.3 is 10.8 Å². The number of benzene rings is 1. The number of sulfone groups is 1. The summed E-state index contributed by atoms with van der Waals surface area (Å²) in [6.07, 6.45) is 2.92. The molecule has 4 nitrogen and oxygen atoms in total. The molecule has 0 unspecified atom stereocenters. The van der Waals surface area contributed by atoms with E-state index < -0.39 is 14.6 Å². The summed E-state index contributed by atoms with van der Waals surface area (Å²) in [5.41, 5.74) is 5.68. The van der Waals surface area contributed by atoms with Gasteiger partial charge in [0, 0.05) is 6.54 Å². The van der Waals surface area contributed by atoms with Crippen LogP contribution in [0.1, 0.15) is 25.7 Å². The van der Waals surface area contributed by atoms with E-state index in [9.17, 15) is 13.5 Å². The first-order chi connectivity index (χ1) is 8.03. The average Bonchev–Trinajstić information content (AvgIpc) is 2.79. The summed E-state index contributed by atoms with van der Waals surface area (Å²) >= 11 is 0. The van der Waals surface area contributed by atoms with Gasteiger partial charge in [-0.15, -0.1) is 0 Å². The maximum atomic E-state index is 12.6. The molecule has 3 N–H and O–H groups in total. The van der Waals surface area contributed by atoms with Crippen molar-refractivity contribution in [3.8, 4) is 5.75 Å². The number of rotatable bonds is 3. The number of phenolic OH excluding ortho intramolecular Hbond substituents is 1. The molecule has 0 atom stereocenters. The van der Waals surface area contributed by atoms with Crippen molar-refractivity contribution in [2.24, 2.45) is 5.73 Å². The van der Waals surface area contributed by atoms with Gasteiger partial charge in [-0.2, -0.15) is 0 Å². The van der Waals surface area contributed by atoms with Crippen molar-refractivity contribution in [1.82, 2.24) is 0 Å². The van der Waals surface area contributed by atoms with E-state index in [4.69, 9.17) is 5.73 Å². The molecular weight excluding hydrogens is 238 g/mol. The Morgan fingerprint density at radius 2 is 1.82 bits per heavy atom. The highest BCUT2D eigenvalue weighted by atomic mass is 32.2. The van der Waals surface area contributed by atoms with Crippen molar-refractivity contribution in [1.29, 1.82) is 0 Å². The molecule has 0 radical (unpaired) electrons. The second-order valence-electron chi connectivity index (χ2n) is 4.57. The highest BCUT2D eigenvalue weighted by molar-refractivity contribution is 7.93. The van der Waals surface area contributed by atoms with E-state index in [2.05, 4.69) is 0 Å². The molecule has 1 aromatic rings. The van der Waals surface area contributed by atoms with Crippen LogP contribution < -0.4 is 5.73 Å². The highest BCUT2D eigenvalue weighted by Gasteiger charge is 2.46. The molecule has 1 aliphatic carbocycles. The summed E-state index contributed by atoms with van der Waals surface area (Å²) in [6.45, 7) is 0.115. The standard InChI is InChI=1S/C12H17NO3S/c13-9-12(7-3-4-8-12)17(15,16)11-6-2-1-5-10(11)14/h1-2,5-6,14H,3-4,7-9,13H2. The largest absolute Gasteiger partial charge is 0.507 e. The van der Waals surface area contributed by atoms with Crippen LogP contribution in [0, 0.1) is 0 Å². The Hall–Kier alpha value is -1.07. The van der Waals surface area contributed by atoms with Crippen LogP contribution in [0.5, 0.6) is 5.75 Å². The summed E-state index contributed by atoms with van der Waals surface area (Å²) in [5, 5.41) is 9.70. The fourth-order valence-corrected chi connectivity index (χ4v) is 4.63. The molecule has 1 aliphatic rings. The third-order valence-electron chi connectivity index (χ3n) is 3.61. The summed E-state index contributed by atoms with van der Waals surface area (Å²) in [6, 6.07) is 6.07. The van der Waals surface area contributed by atoms with Crippen molar-refractivity contribution in [3.63, 3.8) is 0 Å². The molecule has 1 fully saturated rings. The minimum absolute atomic E-state index is 0.00681. The second-order valence-corrected chi connectivity index (χ2v) is 6.88. The Labute approximate surface area is 101 Å². The summed E-state index contributed by atoms with van der Waals surface area (Å²) in [5.74, 6) is -0.188. The molecule has 0 heterocycles. The first-order valence-electron chi connectivity index (χ1n) is 5.76. The zero-order chi connectivity index (χ0) is 12.5. The van der Waals surface area contributed by atoms with E-state index in [1.165, 1.54) is 12.1 Å². The molecule has 1 saturated carbocycles. The van der Waals surface area contributed by atoms with Crippen molar-refractivity contribution in [2.75, 3.05) is 6.54 Å². The Bertz CT molecular complexity index is 504. The third-order valence-corrected chi connectivity index (χ3v) is 6.25. The summed E-state index contributed by atoms with van der Waals surface area (Å²) < 4.78 is 24.3. The molecular formula is C12H17NO3S. The van der Waals surface area contributed by atoms with Gasteiger partial charge in [-0.25, -0.2) is 8.42 Å². The molecule has 5 heteroatoms. The lowest BCUT2D eigenvalue weighted by molar-refractivity contribution is 0.453. The first kappa shape index (κ1) is 12.4. The molecule has 0 saturated heterocycles. The van der Waals surface area contributed by atoms with Gasteiger partial charge in [-0.05, 0) is 25.0 Å². The maximum absolute atomic E-state index is 12.6. The van der Waals surface area contributed by atoms with Crippen LogP contribution in [0.4, 0.5) is 0 Å². The van der Waals surface area contributed by atoms with Crippen LogP contribution in [-0.2, 0) is 9.84 Å². The number of phenols is 1. The Balaban J connectivity index is 2.53. The van der Waals surface area contributed by atoms with Gasteiger partial charge in [0.1, 0.15) is 10.6 Å². The van der Waals surface area contributed by atoms with Crippen LogP contribution in [0.2, 0.25) is 0 Å². The average molecular weight is 255 g/mol. The molecule has 2 rings (SSSR count). The smallest absolute Gasteiger partial charge is 0.188 e. The van der Waals surface area contributed by atoms with Crippen molar-refractivity contribution in [2.45, 2.75) is 35.3 Å². The summed E-state index contributed by atoms with van der Waals surface area (Å²) in [4.78, 5) is 0.00681. The van der Waals surface area contributed by atoms with Crippen molar-refractivity contribution < 1.29 is 13.5 Å². The monoisotopic (exact) mass is 255 g/mol. The Morgan fingerprint density at radius 1 is 1.24 bits per heavy atom. The van der Waals surface area contributed by atoms with E-state index in [0.717, 1.165) is 12.8 Å². The SMILES string of the molecule is NCC1(S(=O)(=O)c2ccccc2O)CCCC1. The predicted molar refractivity (Wildman–Crippen MR) is 65.5 cm³/mol. The van der Waals surface area contributed by atoms with E-state index in [1.54, 1.807) is 12.1 Å². The highest BCUT2D eigenvalue weighted by Crippen LogP contribution is 2.41. The molecule has 0 amide bonds. The van der Waals surface area contributed by atoms with Gasteiger partial charge in [0.15, 0.2) is 9.84 Å². The molecule has 0 bridgehead atoms. The second kappa shape index (κ2) is 4.31. The maximum Gasteiger partial charge on any atom is 0.188 e. The molecule has 0 aromatic heterocycles. The fraction of sp³-hybridized carbons (Fsp3) is 0.500. The first-order valence-corrected chi connectivity index (χ1v) is 7.24. The number of hydrogen-bond donors (Lipinski definition) is 2. The van der Waals surface area contributed by atoms with Crippen LogP contribution in [-0.4, -0.2) is 24.8 Å². The van der Waals surface area contributed by atoms with E-state index >= 15 is 0 Å². The molecule has 0 spiro atoms. The van der Waals surface area contributed by atoms with Gasteiger partial charge in [0.05, 0.1) is 4.75 Å². The zero-order valence-corrected chi connectivity index (χ0v) is 10.4. The lowest BCUT2D eigenvalue weighted by atomic mass is 10.1. The number of hydrogen-bond acceptors (Lipinski definition) is 4. The molecule has 17 heavy (non-hydrogen) atoms. The predicted octanol–water partition coefficient (Wildman–Crippen LogP) is 1.44. The minimum atomic E-state index is -3.56. The normalized spacial score (nSPS) is 19.4. The van der Waals surface area contributed by atoms with Gasteiger partial charge in [-0.1, -0.05) is 25.0 Å². The topological polar surface area (TPSA) is 80.4 Å². The van der Waals surface area contributed by atoms with Crippen LogP contribution >= 0.6 is 0 Å². The minimum Gasteiger partial charge on any atom is -0.507 e.